The third kappa shape index (κ3) is 4.05. The summed E-state index contributed by atoms with van der Waals surface area (Å²) >= 11 is 0. The van der Waals surface area contributed by atoms with E-state index >= 15 is 0 Å². The van der Waals surface area contributed by atoms with Crippen LogP contribution in [0.2, 0.25) is 0 Å². The molecule has 0 fully saturated rings. The van der Waals surface area contributed by atoms with Gasteiger partial charge in [-0.15, -0.1) is 0 Å². The lowest BCUT2D eigenvalue weighted by atomic mass is 10.2. The number of hydrogen-bond acceptors (Lipinski definition) is 8. The highest BCUT2D eigenvalue weighted by Gasteiger charge is 2.17. The largest absolute Gasteiger partial charge is 0.503 e. The number of aliphatic hydroxyl groups is 1. The number of aromatic amines is 1. The van der Waals surface area contributed by atoms with E-state index in [4.69, 9.17) is 0 Å². The van der Waals surface area contributed by atoms with E-state index in [0.29, 0.717) is 0 Å². The molecule has 2 aromatic carbocycles. The zero-order valence-electron chi connectivity index (χ0n) is 14.4. The highest BCUT2D eigenvalue weighted by atomic mass is 16.6. The number of fused-ring (bicyclic) bond motifs is 1. The minimum atomic E-state index is -1.09. The van der Waals surface area contributed by atoms with Crippen molar-refractivity contribution in [2.45, 2.75) is 0 Å². The van der Waals surface area contributed by atoms with Crippen molar-refractivity contribution in [1.82, 2.24) is 9.97 Å². The number of anilines is 1. The van der Waals surface area contributed by atoms with Crippen LogP contribution >= 0.6 is 0 Å². The molecular formula is C17H11N5O7. The fraction of sp³-hybridized carbons (Fsp3) is 0. The predicted octanol–water partition coefficient (Wildman–Crippen LogP) is 2.28. The van der Waals surface area contributed by atoms with Crippen molar-refractivity contribution in [2.75, 3.05) is 5.32 Å². The Labute approximate surface area is 160 Å². The van der Waals surface area contributed by atoms with Crippen LogP contribution in [0.3, 0.4) is 0 Å². The van der Waals surface area contributed by atoms with Crippen LogP contribution in [0, 0.1) is 20.2 Å². The number of H-pyrrole nitrogens is 1. The van der Waals surface area contributed by atoms with Gasteiger partial charge in [-0.25, -0.2) is 4.98 Å². The van der Waals surface area contributed by atoms with Crippen LogP contribution in [0.15, 0.2) is 53.0 Å². The second-order valence-corrected chi connectivity index (χ2v) is 5.67. The molecule has 3 rings (SSSR count). The van der Waals surface area contributed by atoms with Crippen LogP contribution in [0.4, 0.5) is 17.1 Å². The first kappa shape index (κ1) is 19.2. The van der Waals surface area contributed by atoms with Crippen LogP contribution in [0.5, 0.6) is 0 Å². The van der Waals surface area contributed by atoms with E-state index in [2.05, 4.69) is 15.3 Å². The van der Waals surface area contributed by atoms with Crippen molar-refractivity contribution in [3.63, 3.8) is 0 Å². The van der Waals surface area contributed by atoms with Crippen molar-refractivity contribution in [1.29, 1.82) is 0 Å². The second-order valence-electron chi connectivity index (χ2n) is 5.67. The standard InChI is InChI=1S/C17H11N5O7/c23-15(17(25)19-11-3-1-2-4-14(11)22(28)29)8-13-16(24)20-12-7-9(21(26)27)5-6-10(12)18-13/h1-8,23H,(H,19,25)(H,20,24)/b15-8-. The number of nitro benzene ring substituents is 2. The van der Waals surface area contributed by atoms with E-state index < -0.39 is 27.1 Å². The van der Waals surface area contributed by atoms with E-state index in [1.165, 1.54) is 36.4 Å². The van der Waals surface area contributed by atoms with Gasteiger partial charge in [0.15, 0.2) is 5.76 Å². The Bertz CT molecular complexity index is 1250. The van der Waals surface area contributed by atoms with E-state index in [1.807, 2.05) is 0 Å². The summed E-state index contributed by atoms with van der Waals surface area (Å²) in [6, 6.07) is 8.92. The molecule has 0 aliphatic heterocycles. The van der Waals surface area contributed by atoms with Gasteiger partial charge in [-0.2, -0.15) is 0 Å². The molecule has 0 aliphatic carbocycles. The normalized spacial score (nSPS) is 11.2. The molecule has 1 aromatic heterocycles. The number of aliphatic hydroxyl groups excluding tert-OH is 1. The summed E-state index contributed by atoms with van der Waals surface area (Å²) in [5.74, 6) is -2.01. The molecule has 0 atom stereocenters. The first-order valence-corrected chi connectivity index (χ1v) is 7.90. The van der Waals surface area contributed by atoms with Gasteiger partial charge in [0.05, 0.1) is 20.9 Å². The van der Waals surface area contributed by atoms with Crippen molar-refractivity contribution < 1.29 is 19.7 Å². The van der Waals surface area contributed by atoms with Gasteiger partial charge in [0.1, 0.15) is 11.4 Å². The Hall–Kier alpha value is -4.61. The van der Waals surface area contributed by atoms with Crippen LogP contribution in [-0.4, -0.2) is 30.8 Å². The molecule has 1 amide bonds. The highest BCUT2D eigenvalue weighted by Crippen LogP contribution is 2.23. The summed E-state index contributed by atoms with van der Waals surface area (Å²) in [5.41, 5.74) is -1.61. The zero-order chi connectivity index (χ0) is 21.1. The van der Waals surface area contributed by atoms with Crippen molar-refractivity contribution in [3.05, 3.63) is 84.5 Å². The number of amides is 1. The number of nitrogens with zero attached hydrogens (tertiary/aromatic N) is 3. The number of rotatable bonds is 5. The SMILES string of the molecule is O=C(Nc1ccccc1[N+](=O)[O-])/C(O)=C/c1nc2ccc([N+](=O)[O-])cc2[nH]c1=O. The van der Waals surface area contributed by atoms with Gasteiger partial charge in [-0.05, 0) is 12.1 Å². The summed E-state index contributed by atoms with van der Waals surface area (Å²) < 4.78 is 0. The fourth-order valence-electron chi connectivity index (χ4n) is 2.42. The third-order valence-corrected chi connectivity index (χ3v) is 3.77. The molecule has 3 N–H and O–H groups in total. The average molecular weight is 397 g/mol. The summed E-state index contributed by atoms with van der Waals surface area (Å²) in [4.78, 5) is 51.0. The molecule has 0 bridgehead atoms. The van der Waals surface area contributed by atoms with Crippen LogP contribution in [0.1, 0.15) is 5.69 Å². The Morgan fingerprint density at radius 1 is 1.14 bits per heavy atom. The number of benzene rings is 2. The van der Waals surface area contributed by atoms with E-state index in [0.717, 1.165) is 12.1 Å². The summed E-state index contributed by atoms with van der Waals surface area (Å²) in [5, 5.41) is 33.9. The number of carbonyl (C=O) groups is 1. The number of aromatic nitrogens is 2. The molecule has 12 heteroatoms. The van der Waals surface area contributed by atoms with Crippen LogP contribution < -0.4 is 10.9 Å². The lowest BCUT2D eigenvalue weighted by Gasteiger charge is -2.05. The van der Waals surface area contributed by atoms with Crippen molar-refractivity contribution >= 4 is 40.1 Å². The predicted molar refractivity (Wildman–Crippen MR) is 101 cm³/mol. The van der Waals surface area contributed by atoms with E-state index in [1.54, 1.807) is 0 Å². The molecule has 0 radical (unpaired) electrons. The maximum absolute atomic E-state index is 12.1. The molecule has 29 heavy (non-hydrogen) atoms. The van der Waals surface area contributed by atoms with Gasteiger partial charge in [-0.1, -0.05) is 12.1 Å². The Kier molecular flexibility index (Phi) is 4.99. The molecule has 12 nitrogen and oxygen atoms in total. The van der Waals surface area contributed by atoms with Crippen LogP contribution in [-0.2, 0) is 4.79 Å². The smallest absolute Gasteiger partial charge is 0.292 e. The van der Waals surface area contributed by atoms with Gasteiger partial charge >= 0.3 is 0 Å². The Morgan fingerprint density at radius 2 is 1.86 bits per heavy atom. The molecule has 146 valence electrons. The monoisotopic (exact) mass is 397 g/mol. The fourth-order valence-corrected chi connectivity index (χ4v) is 2.42. The van der Waals surface area contributed by atoms with Gasteiger partial charge in [-0.3, -0.25) is 29.8 Å². The average Bonchev–Trinajstić information content (AvgIpc) is 2.68. The Morgan fingerprint density at radius 3 is 2.55 bits per heavy atom. The molecule has 0 saturated heterocycles. The molecule has 0 spiro atoms. The van der Waals surface area contributed by atoms with Gasteiger partial charge in [0.2, 0.25) is 0 Å². The number of hydrogen-bond donors (Lipinski definition) is 3. The first-order chi connectivity index (χ1) is 13.8. The topological polar surface area (TPSA) is 181 Å². The minimum Gasteiger partial charge on any atom is -0.503 e. The molecular weight excluding hydrogens is 386 g/mol. The number of nitrogens with one attached hydrogen (secondary N) is 2. The number of non-ortho nitro benzene ring substituents is 1. The lowest BCUT2D eigenvalue weighted by molar-refractivity contribution is -0.384. The van der Waals surface area contributed by atoms with Crippen molar-refractivity contribution in [2.24, 2.45) is 0 Å². The summed E-state index contributed by atoms with van der Waals surface area (Å²) in [6.07, 6.45) is 0.782. The zero-order valence-corrected chi connectivity index (χ0v) is 14.4. The molecule has 3 aromatic rings. The highest BCUT2D eigenvalue weighted by molar-refractivity contribution is 6.05. The maximum atomic E-state index is 12.1. The molecule has 0 aliphatic rings. The summed E-state index contributed by atoms with van der Waals surface area (Å²) in [7, 11) is 0. The van der Waals surface area contributed by atoms with Gasteiger partial charge in [0.25, 0.3) is 22.8 Å². The Balaban J connectivity index is 1.92. The summed E-state index contributed by atoms with van der Waals surface area (Å²) in [6.45, 7) is 0. The second kappa shape index (κ2) is 7.56. The maximum Gasteiger partial charge on any atom is 0.292 e. The number of nitro groups is 2. The number of para-hydroxylation sites is 2. The van der Waals surface area contributed by atoms with Gasteiger partial charge in [0, 0.05) is 24.3 Å². The molecule has 0 unspecified atom stereocenters. The molecule has 0 saturated carbocycles. The lowest BCUT2D eigenvalue weighted by Crippen LogP contribution is -2.17. The third-order valence-electron chi connectivity index (χ3n) is 3.77. The quantitative estimate of drug-likeness (QED) is 0.253. The van der Waals surface area contributed by atoms with Crippen molar-refractivity contribution in [3.8, 4) is 0 Å². The molecule has 1 heterocycles. The van der Waals surface area contributed by atoms with E-state index in [-0.39, 0.29) is 33.8 Å². The van der Waals surface area contributed by atoms with Crippen LogP contribution in [0.25, 0.3) is 17.1 Å². The van der Waals surface area contributed by atoms with Gasteiger partial charge < -0.3 is 15.4 Å². The van der Waals surface area contributed by atoms with E-state index in [9.17, 15) is 34.9 Å². The minimum absolute atomic E-state index is 0.102. The number of carbonyl (C=O) groups excluding carboxylic acids is 1. The first-order valence-electron chi connectivity index (χ1n) is 7.90.